The van der Waals surface area contributed by atoms with Gasteiger partial charge in [0.05, 0.1) is 10.8 Å². The Bertz CT molecular complexity index is 1960. The first-order valence-electron chi connectivity index (χ1n) is 14.0. The van der Waals surface area contributed by atoms with Crippen molar-refractivity contribution in [1.29, 1.82) is 0 Å². The smallest absolute Gasteiger partial charge is 0.186 e. The third-order valence-corrected chi connectivity index (χ3v) is 11.0. The van der Waals surface area contributed by atoms with Crippen LogP contribution in [-0.4, -0.2) is 18.0 Å². The predicted molar refractivity (Wildman–Crippen MR) is 158 cm³/mol. The summed E-state index contributed by atoms with van der Waals surface area (Å²) in [6.07, 6.45) is 0. The minimum Gasteiger partial charge on any atom is -0.456 e. The van der Waals surface area contributed by atoms with Gasteiger partial charge in [-0.3, -0.25) is 0 Å². The minimum absolute atomic E-state index is 0.282. The summed E-state index contributed by atoms with van der Waals surface area (Å²) in [5.74, 6) is -0.350. The molecule has 3 heteroatoms. The maximum atomic E-state index is 12.3. The van der Waals surface area contributed by atoms with E-state index < -0.39 is 16.6 Å². The molecule has 1 saturated carbocycles. The standard InChI is InChI=1S/C36H34O3/c1-18-15-19(2)27-20(3)17-24-28-25(34(6)35(7,36(34,37)38-8)29(24)23(27)16-18)14-13-22-30(28)33(4,5)31-21-11-9-10-12-26(21)39-32(22)31/h9-17,37H,1-8H3. The summed E-state index contributed by atoms with van der Waals surface area (Å²) in [4.78, 5) is 0. The zero-order valence-corrected chi connectivity index (χ0v) is 24.0. The van der Waals surface area contributed by atoms with Gasteiger partial charge >= 0.3 is 0 Å². The molecule has 39 heavy (non-hydrogen) atoms. The van der Waals surface area contributed by atoms with Crippen LogP contribution in [0.1, 0.15) is 66.6 Å². The van der Waals surface area contributed by atoms with E-state index in [0.29, 0.717) is 0 Å². The molecule has 5 aromatic rings. The Kier molecular flexibility index (Phi) is 4.01. The summed E-state index contributed by atoms with van der Waals surface area (Å²) in [5, 5.41) is 16.0. The SMILES string of the molecule is COC1(O)C2(C)c3ccc4c(c3-c3cc(C)c5c(C)cc(C)cc5c3C12C)C(C)(C)c1c-4oc2ccccc12. The molecule has 1 heterocycles. The van der Waals surface area contributed by atoms with E-state index in [1.54, 1.807) is 7.11 Å². The van der Waals surface area contributed by atoms with Gasteiger partial charge in [0.2, 0.25) is 0 Å². The number of aliphatic hydroxyl groups is 1. The van der Waals surface area contributed by atoms with Gasteiger partial charge in [0.25, 0.3) is 0 Å². The Morgan fingerprint density at radius 1 is 0.744 bits per heavy atom. The highest BCUT2D eigenvalue weighted by Gasteiger charge is 2.87. The Morgan fingerprint density at radius 2 is 1.46 bits per heavy atom. The molecule has 3 atom stereocenters. The number of benzene rings is 4. The summed E-state index contributed by atoms with van der Waals surface area (Å²) in [6.45, 7) is 15.6. The predicted octanol–water partition coefficient (Wildman–Crippen LogP) is 8.36. The van der Waals surface area contributed by atoms with E-state index in [4.69, 9.17) is 9.15 Å². The van der Waals surface area contributed by atoms with Gasteiger partial charge in [0.1, 0.15) is 11.3 Å². The molecule has 1 aromatic heterocycles. The third kappa shape index (κ3) is 2.22. The van der Waals surface area contributed by atoms with Crippen LogP contribution < -0.4 is 0 Å². The number of methoxy groups -OCH3 is 1. The number of rotatable bonds is 1. The van der Waals surface area contributed by atoms with E-state index >= 15 is 0 Å². The van der Waals surface area contributed by atoms with Crippen molar-refractivity contribution in [3.63, 3.8) is 0 Å². The van der Waals surface area contributed by atoms with E-state index in [1.165, 1.54) is 60.7 Å². The molecular formula is C36H34O3. The maximum Gasteiger partial charge on any atom is 0.186 e. The van der Waals surface area contributed by atoms with E-state index in [1.807, 2.05) is 6.07 Å². The summed E-state index contributed by atoms with van der Waals surface area (Å²) >= 11 is 0. The van der Waals surface area contributed by atoms with Crippen molar-refractivity contribution < 1.29 is 14.3 Å². The summed E-state index contributed by atoms with van der Waals surface area (Å²) in [7, 11) is 1.65. The molecule has 0 radical (unpaired) electrons. The van der Waals surface area contributed by atoms with Crippen LogP contribution in [0.4, 0.5) is 0 Å². The van der Waals surface area contributed by atoms with E-state index in [9.17, 15) is 5.11 Å². The second kappa shape index (κ2) is 6.66. The van der Waals surface area contributed by atoms with E-state index in [-0.39, 0.29) is 5.41 Å². The molecule has 0 saturated heterocycles. The Balaban J connectivity index is 1.58. The van der Waals surface area contributed by atoms with E-state index in [2.05, 4.69) is 97.0 Å². The number of ether oxygens (including phenoxy) is 1. The summed E-state index contributed by atoms with van der Waals surface area (Å²) in [6, 6.07) is 19.8. The molecule has 0 aliphatic heterocycles. The van der Waals surface area contributed by atoms with Crippen molar-refractivity contribution in [3.8, 4) is 22.5 Å². The first-order chi connectivity index (χ1) is 18.4. The van der Waals surface area contributed by atoms with E-state index in [0.717, 1.165) is 22.5 Å². The molecule has 196 valence electrons. The fraction of sp³-hybridized carbons (Fsp3) is 0.333. The fourth-order valence-corrected chi connectivity index (χ4v) is 9.17. The molecular weight excluding hydrogens is 480 g/mol. The van der Waals surface area contributed by atoms with Crippen LogP contribution in [0.25, 0.3) is 44.2 Å². The molecule has 8 rings (SSSR count). The average molecular weight is 515 g/mol. The zero-order valence-electron chi connectivity index (χ0n) is 24.0. The van der Waals surface area contributed by atoms with Crippen LogP contribution >= 0.6 is 0 Å². The van der Waals surface area contributed by atoms with Crippen molar-refractivity contribution in [3.05, 3.63) is 93.5 Å². The Morgan fingerprint density at radius 3 is 2.21 bits per heavy atom. The molecule has 3 aliphatic carbocycles. The van der Waals surface area contributed by atoms with Crippen LogP contribution in [0, 0.1) is 20.8 Å². The first-order valence-corrected chi connectivity index (χ1v) is 14.0. The molecule has 4 aromatic carbocycles. The van der Waals surface area contributed by atoms with Crippen LogP contribution in [0.5, 0.6) is 0 Å². The third-order valence-electron chi connectivity index (χ3n) is 11.0. The van der Waals surface area contributed by atoms with Gasteiger partial charge in [-0.15, -0.1) is 0 Å². The Hall–Kier alpha value is -3.40. The van der Waals surface area contributed by atoms with Crippen molar-refractivity contribution >= 4 is 21.7 Å². The van der Waals surface area contributed by atoms with Gasteiger partial charge in [-0.1, -0.05) is 67.9 Å². The lowest BCUT2D eigenvalue weighted by atomic mass is 9.66. The lowest BCUT2D eigenvalue weighted by Crippen LogP contribution is -2.26. The van der Waals surface area contributed by atoms with Gasteiger partial charge in [0, 0.05) is 29.0 Å². The monoisotopic (exact) mass is 514 g/mol. The van der Waals surface area contributed by atoms with Crippen LogP contribution in [0.3, 0.4) is 0 Å². The lowest BCUT2D eigenvalue weighted by molar-refractivity contribution is -0.129. The van der Waals surface area contributed by atoms with Gasteiger partial charge in [0.15, 0.2) is 5.79 Å². The Labute approximate surface area is 229 Å². The highest BCUT2D eigenvalue weighted by atomic mass is 16.6. The largest absolute Gasteiger partial charge is 0.456 e. The van der Waals surface area contributed by atoms with Gasteiger partial charge in [-0.05, 0) is 90.4 Å². The van der Waals surface area contributed by atoms with Crippen LogP contribution in [-0.2, 0) is 21.0 Å². The van der Waals surface area contributed by atoms with Gasteiger partial charge < -0.3 is 14.3 Å². The molecule has 0 amide bonds. The number of hydrogen-bond donors (Lipinski definition) is 1. The molecule has 3 aliphatic rings. The topological polar surface area (TPSA) is 42.6 Å². The second-order valence-corrected chi connectivity index (χ2v) is 13.1. The van der Waals surface area contributed by atoms with Gasteiger partial charge in [-0.25, -0.2) is 0 Å². The van der Waals surface area contributed by atoms with Crippen molar-refractivity contribution in [2.24, 2.45) is 0 Å². The highest BCUT2D eigenvalue weighted by molar-refractivity contribution is 6.05. The fourth-order valence-electron chi connectivity index (χ4n) is 9.17. The van der Waals surface area contributed by atoms with Crippen LogP contribution in [0.15, 0.2) is 59.0 Å². The molecule has 1 N–H and O–H groups in total. The average Bonchev–Trinajstić information content (AvgIpc) is 3.17. The number of fused-ring (bicyclic) bond motifs is 14. The number of aryl methyl sites for hydroxylation is 3. The van der Waals surface area contributed by atoms with Crippen LogP contribution in [0.2, 0.25) is 0 Å². The van der Waals surface area contributed by atoms with Gasteiger partial charge in [-0.2, -0.15) is 0 Å². The maximum absolute atomic E-state index is 12.3. The first kappa shape index (κ1) is 23.5. The van der Waals surface area contributed by atoms with Crippen molar-refractivity contribution in [2.75, 3.05) is 7.11 Å². The second-order valence-electron chi connectivity index (χ2n) is 13.1. The highest BCUT2D eigenvalue weighted by Crippen LogP contribution is 2.79. The number of para-hydroxylation sites is 1. The zero-order chi connectivity index (χ0) is 27.4. The van der Waals surface area contributed by atoms with Crippen molar-refractivity contribution in [2.45, 2.75) is 70.5 Å². The molecule has 0 spiro atoms. The quantitative estimate of drug-likeness (QED) is 0.229. The molecule has 3 unspecified atom stereocenters. The summed E-state index contributed by atoms with van der Waals surface area (Å²) in [5.41, 5.74) is 11.7. The molecule has 0 bridgehead atoms. The number of furan rings is 1. The van der Waals surface area contributed by atoms with Crippen molar-refractivity contribution in [1.82, 2.24) is 0 Å². The molecule has 3 nitrogen and oxygen atoms in total. The lowest BCUT2D eigenvalue weighted by Gasteiger charge is -2.35. The molecule has 1 fully saturated rings. The normalized spacial score (nSPS) is 27.2. The number of hydrogen-bond acceptors (Lipinski definition) is 3. The minimum atomic E-state index is -1.32. The summed E-state index contributed by atoms with van der Waals surface area (Å²) < 4.78 is 12.6.